The summed E-state index contributed by atoms with van der Waals surface area (Å²) in [6.45, 7) is 0. The van der Waals surface area contributed by atoms with Gasteiger partial charge in [-0.15, -0.1) is 11.6 Å². The van der Waals surface area contributed by atoms with Gasteiger partial charge in [-0.2, -0.15) is 5.10 Å². The first kappa shape index (κ1) is 17.8. The van der Waals surface area contributed by atoms with Crippen molar-refractivity contribution in [1.29, 1.82) is 0 Å². The summed E-state index contributed by atoms with van der Waals surface area (Å²) < 4.78 is 6.73. The molecule has 2 aromatic heterocycles. The molecule has 0 atom stereocenters. The molecule has 0 aliphatic heterocycles. The number of nitrogens with one attached hydrogen (secondary N) is 1. The van der Waals surface area contributed by atoms with Crippen molar-refractivity contribution < 1.29 is 4.42 Å². The van der Waals surface area contributed by atoms with E-state index in [1.165, 1.54) is 24.3 Å². The molecule has 0 radical (unpaired) electrons. The van der Waals surface area contributed by atoms with Gasteiger partial charge in [0.2, 0.25) is 0 Å². The summed E-state index contributed by atoms with van der Waals surface area (Å²) in [5.41, 5.74) is 1.05. The van der Waals surface area contributed by atoms with Gasteiger partial charge in [-0.3, -0.25) is 19.4 Å². The van der Waals surface area contributed by atoms with Crippen LogP contribution in [-0.4, -0.2) is 22.8 Å². The van der Waals surface area contributed by atoms with Crippen molar-refractivity contribution in [2.45, 2.75) is 5.88 Å². The molecule has 0 amide bonds. The number of halogens is 1. The van der Waals surface area contributed by atoms with Gasteiger partial charge in [0, 0.05) is 31.6 Å². The molecule has 134 valence electrons. The Labute approximate surface area is 154 Å². The minimum absolute atomic E-state index is 0.290. The molecule has 3 rings (SSSR count). The first-order valence-electron chi connectivity index (χ1n) is 7.81. The first-order valence-corrected chi connectivity index (χ1v) is 8.34. The van der Waals surface area contributed by atoms with Crippen LogP contribution in [0.1, 0.15) is 11.3 Å². The average molecular weight is 373 g/mol. The second kappa shape index (κ2) is 7.45. The summed E-state index contributed by atoms with van der Waals surface area (Å²) in [5, 5.41) is 5.58. The van der Waals surface area contributed by atoms with Crippen molar-refractivity contribution in [3.05, 3.63) is 74.6 Å². The molecule has 0 spiro atoms. The Morgan fingerprint density at radius 1 is 1.23 bits per heavy atom. The van der Waals surface area contributed by atoms with Gasteiger partial charge in [0.25, 0.3) is 5.56 Å². The van der Waals surface area contributed by atoms with E-state index in [0.717, 1.165) is 15.7 Å². The van der Waals surface area contributed by atoms with Crippen molar-refractivity contribution >= 4 is 23.6 Å². The topological polar surface area (TPSA) is 83.6 Å². The van der Waals surface area contributed by atoms with Crippen LogP contribution in [0, 0.1) is 0 Å². The third-order valence-electron chi connectivity index (χ3n) is 3.86. The van der Waals surface area contributed by atoms with E-state index in [1.807, 2.05) is 30.3 Å². The molecule has 0 aliphatic rings. The van der Waals surface area contributed by atoms with Gasteiger partial charge < -0.3 is 4.42 Å². The molecule has 0 saturated heterocycles. The second-order valence-electron chi connectivity index (χ2n) is 5.66. The number of aromatic nitrogens is 2. The number of hydrogen-bond acceptors (Lipinski definition) is 5. The van der Waals surface area contributed by atoms with Gasteiger partial charge in [-0.25, -0.2) is 4.79 Å². The number of rotatable bonds is 5. The Kier molecular flexibility index (Phi) is 5.09. The summed E-state index contributed by atoms with van der Waals surface area (Å²) in [7, 11) is 3.02. The summed E-state index contributed by atoms with van der Waals surface area (Å²) in [5.74, 6) is 2.00. The van der Waals surface area contributed by atoms with Crippen LogP contribution in [-0.2, 0) is 12.9 Å². The SMILES string of the molecule is CN(N=Cc1ccc(-c2ccc(CCl)cc2)o1)c1cc(=O)n(C)c(=O)[nH]1. The molecule has 0 aliphatic carbocycles. The minimum Gasteiger partial charge on any atom is -0.455 e. The maximum Gasteiger partial charge on any atom is 0.329 e. The predicted octanol–water partition coefficient (Wildman–Crippen LogP) is 2.54. The zero-order valence-corrected chi connectivity index (χ0v) is 15.0. The van der Waals surface area contributed by atoms with Gasteiger partial charge in [0.1, 0.15) is 17.3 Å². The molecule has 8 heteroatoms. The fourth-order valence-corrected chi connectivity index (χ4v) is 2.44. The Bertz CT molecular complexity index is 1020. The fraction of sp³-hybridized carbons (Fsp3) is 0.167. The molecule has 1 aromatic carbocycles. The molecule has 0 fully saturated rings. The molecule has 7 nitrogen and oxygen atoms in total. The standard InChI is InChI=1S/C18H17ClN4O3/c1-22-17(24)9-16(21-18(22)25)23(2)20-11-14-7-8-15(26-14)13-5-3-12(10-19)4-6-13/h3-9,11H,10H2,1-2H3,(H,21,25). The molecular formula is C18H17ClN4O3. The number of H-pyrrole nitrogens is 1. The van der Waals surface area contributed by atoms with Crippen LogP contribution >= 0.6 is 11.6 Å². The van der Waals surface area contributed by atoms with Gasteiger partial charge in [0.05, 0.1) is 6.21 Å². The number of nitrogens with zero attached hydrogens (tertiary/aromatic N) is 3. The number of benzene rings is 1. The molecule has 0 saturated carbocycles. The monoisotopic (exact) mass is 372 g/mol. The lowest BCUT2D eigenvalue weighted by Crippen LogP contribution is -2.33. The molecule has 3 aromatic rings. The second-order valence-corrected chi connectivity index (χ2v) is 5.92. The number of aromatic amines is 1. The van der Waals surface area contributed by atoms with E-state index in [-0.39, 0.29) is 5.82 Å². The van der Waals surface area contributed by atoms with Crippen LogP contribution in [0.5, 0.6) is 0 Å². The fourth-order valence-electron chi connectivity index (χ4n) is 2.26. The lowest BCUT2D eigenvalue weighted by atomic mass is 10.1. The van der Waals surface area contributed by atoms with Crippen LogP contribution in [0.15, 0.2) is 61.6 Å². The van der Waals surface area contributed by atoms with Crippen molar-refractivity contribution in [2.75, 3.05) is 12.1 Å². The molecule has 26 heavy (non-hydrogen) atoms. The average Bonchev–Trinajstić information content (AvgIpc) is 3.12. The molecular weight excluding hydrogens is 356 g/mol. The lowest BCUT2D eigenvalue weighted by Gasteiger charge is -2.11. The first-order chi connectivity index (χ1) is 12.5. The normalized spacial score (nSPS) is 11.2. The summed E-state index contributed by atoms with van der Waals surface area (Å²) >= 11 is 5.79. The van der Waals surface area contributed by atoms with E-state index in [0.29, 0.717) is 17.4 Å². The largest absolute Gasteiger partial charge is 0.455 e. The third kappa shape index (κ3) is 3.78. The van der Waals surface area contributed by atoms with Crippen molar-refractivity contribution in [1.82, 2.24) is 9.55 Å². The Balaban J connectivity index is 1.77. The van der Waals surface area contributed by atoms with Crippen molar-refractivity contribution in [2.24, 2.45) is 12.1 Å². The van der Waals surface area contributed by atoms with Gasteiger partial charge in [0.15, 0.2) is 0 Å². The molecule has 1 N–H and O–H groups in total. The quantitative estimate of drug-likeness (QED) is 0.424. The zero-order valence-electron chi connectivity index (χ0n) is 14.3. The smallest absolute Gasteiger partial charge is 0.329 e. The van der Waals surface area contributed by atoms with Crippen LogP contribution in [0.4, 0.5) is 5.82 Å². The highest BCUT2D eigenvalue weighted by molar-refractivity contribution is 6.17. The van der Waals surface area contributed by atoms with Crippen LogP contribution in [0.3, 0.4) is 0 Å². The highest BCUT2D eigenvalue weighted by atomic mass is 35.5. The highest BCUT2D eigenvalue weighted by Gasteiger charge is 2.06. The summed E-state index contributed by atoms with van der Waals surface area (Å²) in [4.78, 5) is 25.9. The third-order valence-corrected chi connectivity index (χ3v) is 4.17. The zero-order chi connectivity index (χ0) is 18.7. The maximum absolute atomic E-state index is 11.7. The van der Waals surface area contributed by atoms with Crippen molar-refractivity contribution in [3.8, 4) is 11.3 Å². The van der Waals surface area contributed by atoms with E-state index in [2.05, 4.69) is 10.1 Å². The highest BCUT2D eigenvalue weighted by Crippen LogP contribution is 2.22. The van der Waals surface area contributed by atoms with Crippen LogP contribution in [0.2, 0.25) is 0 Å². The Morgan fingerprint density at radius 3 is 2.62 bits per heavy atom. The molecule has 0 unspecified atom stereocenters. The number of anilines is 1. The number of hydrogen-bond donors (Lipinski definition) is 1. The number of hydrazone groups is 1. The van der Waals surface area contributed by atoms with Gasteiger partial charge in [-0.05, 0) is 17.7 Å². The Hall–Kier alpha value is -3.06. The van der Waals surface area contributed by atoms with Gasteiger partial charge >= 0.3 is 5.69 Å². The van der Waals surface area contributed by atoms with Crippen LogP contribution < -0.4 is 16.3 Å². The summed E-state index contributed by atoms with van der Waals surface area (Å²) in [6.07, 6.45) is 1.51. The Morgan fingerprint density at radius 2 is 1.96 bits per heavy atom. The van der Waals surface area contributed by atoms with E-state index in [1.54, 1.807) is 13.1 Å². The lowest BCUT2D eigenvalue weighted by molar-refractivity contribution is 0.574. The summed E-state index contributed by atoms with van der Waals surface area (Å²) in [6, 6.07) is 12.7. The predicted molar refractivity (Wildman–Crippen MR) is 102 cm³/mol. The maximum atomic E-state index is 11.7. The van der Waals surface area contributed by atoms with E-state index in [4.69, 9.17) is 16.0 Å². The minimum atomic E-state index is -0.504. The van der Waals surface area contributed by atoms with Crippen molar-refractivity contribution in [3.63, 3.8) is 0 Å². The molecule has 0 bridgehead atoms. The van der Waals surface area contributed by atoms with Crippen LogP contribution in [0.25, 0.3) is 11.3 Å². The van der Waals surface area contributed by atoms with E-state index < -0.39 is 11.2 Å². The molecule has 2 heterocycles. The van der Waals surface area contributed by atoms with E-state index in [9.17, 15) is 9.59 Å². The van der Waals surface area contributed by atoms with E-state index >= 15 is 0 Å². The number of alkyl halides is 1. The van der Waals surface area contributed by atoms with Gasteiger partial charge in [-0.1, -0.05) is 24.3 Å². The number of furan rings is 1.